The molecule has 0 fully saturated rings. The van der Waals surface area contributed by atoms with E-state index >= 15 is 0 Å². The summed E-state index contributed by atoms with van der Waals surface area (Å²) in [5.41, 5.74) is -0.125. The number of rotatable bonds is 4. The van der Waals surface area contributed by atoms with Crippen molar-refractivity contribution in [2.75, 3.05) is 0 Å². The van der Waals surface area contributed by atoms with E-state index in [1.165, 1.54) is 18.2 Å². The number of halogens is 1. The molecule has 3 aromatic rings. The van der Waals surface area contributed by atoms with Crippen molar-refractivity contribution in [3.05, 3.63) is 87.1 Å². The minimum Gasteiger partial charge on any atom is -0.501 e. The van der Waals surface area contributed by atoms with Crippen LogP contribution in [-0.2, 0) is 6.42 Å². The predicted molar refractivity (Wildman–Crippen MR) is 82.7 cm³/mol. The quantitative estimate of drug-likeness (QED) is 0.733. The summed E-state index contributed by atoms with van der Waals surface area (Å²) >= 11 is 0. The lowest BCUT2D eigenvalue weighted by Gasteiger charge is -2.01. The molecule has 0 saturated heterocycles. The van der Waals surface area contributed by atoms with Gasteiger partial charge in [0.25, 0.3) is 5.78 Å². The van der Waals surface area contributed by atoms with Crippen molar-refractivity contribution in [1.82, 2.24) is 0 Å². The van der Waals surface area contributed by atoms with Gasteiger partial charge in [0.1, 0.15) is 17.6 Å². The van der Waals surface area contributed by atoms with Crippen LogP contribution in [0.1, 0.15) is 33.4 Å². The van der Waals surface area contributed by atoms with Crippen LogP contribution in [0.5, 0.6) is 5.75 Å². The molecule has 0 bridgehead atoms. The molecule has 3 rings (SSSR count). The molecule has 1 N–H and O–H groups in total. The van der Waals surface area contributed by atoms with Crippen LogP contribution in [-0.4, -0.2) is 10.9 Å². The zero-order chi connectivity index (χ0) is 18.0. The molecular formula is C18H10FNO5. The Morgan fingerprint density at radius 1 is 1.16 bits per heavy atom. The van der Waals surface area contributed by atoms with Crippen LogP contribution < -0.4 is 5.43 Å². The minimum absolute atomic E-state index is 0.161. The summed E-state index contributed by atoms with van der Waals surface area (Å²) in [6, 6.07) is 11.1. The summed E-state index contributed by atoms with van der Waals surface area (Å²) in [4.78, 5) is 23.9. The fourth-order valence-electron chi connectivity index (χ4n) is 2.21. The number of nitrogens with zero attached hydrogens (tertiary/aromatic N) is 1. The molecule has 0 radical (unpaired) electrons. The lowest BCUT2D eigenvalue weighted by molar-refractivity contribution is 0.0973. The molecule has 2 heterocycles. The first-order valence-corrected chi connectivity index (χ1v) is 7.13. The maximum Gasteiger partial charge on any atom is 0.267 e. The third-order valence-corrected chi connectivity index (χ3v) is 3.42. The van der Waals surface area contributed by atoms with E-state index in [0.717, 1.165) is 11.6 Å². The number of nitriles is 1. The molecule has 0 aliphatic carbocycles. The van der Waals surface area contributed by atoms with Crippen molar-refractivity contribution in [2.24, 2.45) is 0 Å². The number of ketones is 1. The Labute approximate surface area is 140 Å². The largest absolute Gasteiger partial charge is 0.501 e. The number of benzene rings is 1. The highest BCUT2D eigenvalue weighted by Crippen LogP contribution is 2.21. The third kappa shape index (κ3) is 3.33. The van der Waals surface area contributed by atoms with Gasteiger partial charge in [-0.25, -0.2) is 4.39 Å². The van der Waals surface area contributed by atoms with Gasteiger partial charge in [-0.2, -0.15) is 5.26 Å². The molecule has 0 unspecified atom stereocenters. The van der Waals surface area contributed by atoms with E-state index in [-0.39, 0.29) is 11.6 Å². The topological polar surface area (TPSA) is 104 Å². The van der Waals surface area contributed by atoms with Gasteiger partial charge in [0.2, 0.25) is 22.7 Å². The molecule has 124 valence electrons. The van der Waals surface area contributed by atoms with Crippen LogP contribution in [0.3, 0.4) is 0 Å². The smallest absolute Gasteiger partial charge is 0.267 e. The van der Waals surface area contributed by atoms with Gasteiger partial charge in [-0.1, -0.05) is 12.1 Å². The average molecular weight is 339 g/mol. The second-order valence-electron chi connectivity index (χ2n) is 5.16. The minimum atomic E-state index is -0.899. The molecule has 1 aromatic carbocycles. The SMILES string of the molecule is N#Cc1cc(=O)c(O)c(C(=O)c2ccc(Cc3ccc(F)cc3)o2)o1. The van der Waals surface area contributed by atoms with E-state index in [4.69, 9.17) is 14.1 Å². The zero-order valence-corrected chi connectivity index (χ0v) is 12.7. The normalized spacial score (nSPS) is 10.4. The molecule has 0 spiro atoms. The Balaban J connectivity index is 1.89. The standard InChI is InChI=1S/C18H10FNO5/c19-11-3-1-10(2-4-11)7-12-5-6-15(24-12)17(23)18-16(22)14(21)8-13(9-20)25-18/h1-6,8,22H,7H2. The second kappa shape index (κ2) is 6.45. The molecule has 0 aliphatic rings. The summed E-state index contributed by atoms with van der Waals surface area (Å²) in [7, 11) is 0. The molecule has 0 saturated carbocycles. The maximum absolute atomic E-state index is 12.9. The second-order valence-corrected chi connectivity index (χ2v) is 5.16. The van der Waals surface area contributed by atoms with Crippen molar-refractivity contribution in [1.29, 1.82) is 5.26 Å². The van der Waals surface area contributed by atoms with Gasteiger partial charge < -0.3 is 13.9 Å². The van der Waals surface area contributed by atoms with Crippen molar-refractivity contribution < 1.29 is 23.1 Å². The third-order valence-electron chi connectivity index (χ3n) is 3.42. The number of hydrogen-bond donors (Lipinski definition) is 1. The first kappa shape index (κ1) is 16.2. The van der Waals surface area contributed by atoms with Gasteiger partial charge in [-0.05, 0) is 29.8 Å². The summed E-state index contributed by atoms with van der Waals surface area (Å²) in [6.07, 6.45) is 0.321. The molecular weight excluding hydrogens is 329 g/mol. The molecule has 25 heavy (non-hydrogen) atoms. The summed E-state index contributed by atoms with van der Waals surface area (Å²) in [5.74, 6) is -2.91. The van der Waals surface area contributed by atoms with Crippen LogP contribution in [0.25, 0.3) is 0 Å². The van der Waals surface area contributed by atoms with Crippen molar-refractivity contribution >= 4 is 5.78 Å². The molecule has 2 aromatic heterocycles. The molecule has 0 aliphatic heterocycles. The Hall–Kier alpha value is -3.66. The number of aromatic hydroxyl groups is 1. The Kier molecular flexibility index (Phi) is 4.18. The summed E-state index contributed by atoms with van der Waals surface area (Å²) < 4.78 is 23.2. The van der Waals surface area contributed by atoms with E-state index in [1.807, 2.05) is 0 Å². The molecule has 7 heteroatoms. The lowest BCUT2D eigenvalue weighted by atomic mass is 10.1. The van der Waals surface area contributed by atoms with Crippen molar-refractivity contribution in [3.8, 4) is 11.8 Å². The molecule has 0 amide bonds. The van der Waals surface area contributed by atoms with E-state index < -0.39 is 28.5 Å². The fraction of sp³-hybridized carbons (Fsp3) is 0.0556. The summed E-state index contributed by atoms with van der Waals surface area (Å²) in [5, 5.41) is 18.5. The zero-order valence-electron chi connectivity index (χ0n) is 12.7. The Morgan fingerprint density at radius 3 is 2.56 bits per heavy atom. The number of hydrogen-bond acceptors (Lipinski definition) is 6. The van der Waals surface area contributed by atoms with Gasteiger partial charge >= 0.3 is 0 Å². The highest BCUT2D eigenvalue weighted by molar-refractivity contribution is 6.06. The summed E-state index contributed by atoms with van der Waals surface area (Å²) in [6.45, 7) is 0. The predicted octanol–water partition coefficient (Wildman–Crippen LogP) is 2.77. The highest BCUT2D eigenvalue weighted by Gasteiger charge is 2.23. The Morgan fingerprint density at radius 2 is 1.88 bits per heavy atom. The van der Waals surface area contributed by atoms with Crippen LogP contribution in [0, 0.1) is 17.1 Å². The van der Waals surface area contributed by atoms with Crippen LogP contribution in [0.15, 0.2) is 56.1 Å². The first-order chi connectivity index (χ1) is 12.0. The van der Waals surface area contributed by atoms with Crippen LogP contribution in [0.4, 0.5) is 4.39 Å². The lowest BCUT2D eigenvalue weighted by Crippen LogP contribution is -2.09. The van der Waals surface area contributed by atoms with Crippen molar-refractivity contribution in [2.45, 2.75) is 6.42 Å². The highest BCUT2D eigenvalue weighted by atomic mass is 19.1. The van der Waals surface area contributed by atoms with Crippen LogP contribution >= 0.6 is 0 Å². The number of furan rings is 1. The molecule has 6 nitrogen and oxygen atoms in total. The molecule has 0 atom stereocenters. The van der Waals surface area contributed by atoms with Gasteiger partial charge in [0.15, 0.2) is 5.76 Å². The number of carbonyl (C=O) groups excluding carboxylic acids is 1. The van der Waals surface area contributed by atoms with E-state index in [1.54, 1.807) is 24.3 Å². The Bertz CT molecular complexity index is 1040. The van der Waals surface area contributed by atoms with Crippen molar-refractivity contribution in [3.63, 3.8) is 0 Å². The van der Waals surface area contributed by atoms with Crippen LogP contribution in [0.2, 0.25) is 0 Å². The van der Waals surface area contributed by atoms with E-state index in [2.05, 4.69) is 0 Å². The fourth-order valence-corrected chi connectivity index (χ4v) is 2.21. The monoisotopic (exact) mass is 339 g/mol. The van der Waals surface area contributed by atoms with Gasteiger partial charge in [-0.15, -0.1) is 0 Å². The van der Waals surface area contributed by atoms with E-state index in [0.29, 0.717) is 12.2 Å². The maximum atomic E-state index is 12.9. The van der Waals surface area contributed by atoms with E-state index in [9.17, 15) is 19.1 Å². The first-order valence-electron chi connectivity index (χ1n) is 7.13. The number of carbonyl (C=O) groups is 1. The van der Waals surface area contributed by atoms with Gasteiger partial charge in [0.05, 0.1) is 0 Å². The van der Waals surface area contributed by atoms with Gasteiger partial charge in [0, 0.05) is 12.5 Å². The average Bonchev–Trinajstić information content (AvgIpc) is 3.07. The van der Waals surface area contributed by atoms with Gasteiger partial charge in [-0.3, -0.25) is 9.59 Å².